The smallest absolute Gasteiger partial charge is 0.249 e. The Morgan fingerprint density at radius 3 is 2.43 bits per heavy atom. The number of likely N-dealkylation sites (N-methyl/N-ethyl adjacent to an activating group) is 1. The Morgan fingerprint density at radius 1 is 1.11 bits per heavy atom. The number of carbonyl (C=O) groups is 1. The normalized spacial score (nSPS) is 16.5. The van der Waals surface area contributed by atoms with Crippen LogP contribution in [0.25, 0.3) is 0 Å². The molecule has 1 aromatic carbocycles. The number of nitrogens with zero attached hydrogens (tertiary/aromatic N) is 5. The highest BCUT2D eigenvalue weighted by Crippen LogP contribution is 2.33. The third-order valence-electron chi connectivity index (χ3n) is 6.08. The van der Waals surface area contributed by atoms with Crippen LogP contribution in [-0.2, 0) is 28.9 Å². The fraction of sp³-hybridized carbons (Fsp3) is 0.462. The van der Waals surface area contributed by atoms with Crippen molar-refractivity contribution in [2.75, 3.05) is 17.3 Å². The number of benzene rings is 1. The number of halogens is 3. The molecule has 0 saturated carbocycles. The zero-order valence-electron chi connectivity index (χ0n) is 21.8. The Labute approximate surface area is 213 Å². The van der Waals surface area contributed by atoms with E-state index in [4.69, 9.17) is 9.72 Å². The molecule has 2 aromatic heterocycles. The summed E-state index contributed by atoms with van der Waals surface area (Å²) in [6, 6.07) is 1.37. The van der Waals surface area contributed by atoms with Gasteiger partial charge in [0.05, 0.1) is 30.1 Å². The van der Waals surface area contributed by atoms with Crippen molar-refractivity contribution in [1.82, 2.24) is 19.7 Å². The van der Waals surface area contributed by atoms with Gasteiger partial charge >= 0.3 is 0 Å². The molecule has 0 saturated heterocycles. The molecule has 1 N–H and O–H groups in total. The number of hydrogen-bond acceptors (Lipinski definition) is 6. The molecule has 37 heavy (non-hydrogen) atoms. The lowest BCUT2D eigenvalue weighted by Crippen LogP contribution is -2.54. The van der Waals surface area contributed by atoms with E-state index in [0.29, 0.717) is 35.9 Å². The molecule has 0 spiro atoms. The van der Waals surface area contributed by atoms with Crippen LogP contribution in [0.3, 0.4) is 0 Å². The van der Waals surface area contributed by atoms with E-state index in [2.05, 4.69) is 15.4 Å². The van der Waals surface area contributed by atoms with Crippen molar-refractivity contribution in [3.8, 4) is 0 Å². The highest BCUT2D eigenvalue weighted by molar-refractivity contribution is 6.03. The van der Waals surface area contributed by atoms with Gasteiger partial charge in [-0.1, -0.05) is 0 Å². The minimum atomic E-state index is -1.49. The number of ether oxygens (including phenoxy) is 1. The van der Waals surface area contributed by atoms with Crippen LogP contribution in [0.1, 0.15) is 50.3 Å². The number of carbonyl (C=O) groups excluding carboxylic acids is 1. The molecule has 11 heteroatoms. The zero-order valence-corrected chi connectivity index (χ0v) is 21.8. The monoisotopic (exact) mass is 516 g/mol. The maximum absolute atomic E-state index is 13.5. The first kappa shape index (κ1) is 26.6. The predicted molar refractivity (Wildman–Crippen MR) is 133 cm³/mol. The van der Waals surface area contributed by atoms with Gasteiger partial charge in [0, 0.05) is 19.7 Å². The third-order valence-corrected chi connectivity index (χ3v) is 6.08. The van der Waals surface area contributed by atoms with E-state index in [-0.39, 0.29) is 24.1 Å². The van der Waals surface area contributed by atoms with Crippen LogP contribution >= 0.6 is 0 Å². The van der Waals surface area contributed by atoms with Crippen LogP contribution in [0.2, 0.25) is 0 Å². The van der Waals surface area contributed by atoms with Crippen LogP contribution in [-0.4, -0.2) is 50.5 Å². The molecule has 0 radical (unpaired) electrons. The number of hydrogen-bond donors (Lipinski definition) is 1. The maximum atomic E-state index is 13.5. The van der Waals surface area contributed by atoms with Gasteiger partial charge in [0.2, 0.25) is 5.91 Å². The van der Waals surface area contributed by atoms with Crippen molar-refractivity contribution in [2.45, 2.75) is 71.8 Å². The molecule has 3 aromatic rings. The molecule has 0 bridgehead atoms. The molecule has 2 atom stereocenters. The molecule has 8 nitrogen and oxygen atoms in total. The Balaban J connectivity index is 1.47. The summed E-state index contributed by atoms with van der Waals surface area (Å²) >= 11 is 0. The Hall–Kier alpha value is -3.47. The van der Waals surface area contributed by atoms with Gasteiger partial charge in [0.15, 0.2) is 23.3 Å². The van der Waals surface area contributed by atoms with Crippen LogP contribution in [0.4, 0.5) is 24.7 Å². The minimum Gasteiger partial charge on any atom is -0.370 e. The topological polar surface area (TPSA) is 85.2 Å². The van der Waals surface area contributed by atoms with Crippen molar-refractivity contribution in [3.05, 3.63) is 64.6 Å². The van der Waals surface area contributed by atoms with Gasteiger partial charge in [0.25, 0.3) is 0 Å². The van der Waals surface area contributed by atoms with Gasteiger partial charge < -0.3 is 15.0 Å². The predicted octanol–water partition coefficient (Wildman–Crippen LogP) is 4.19. The molecule has 3 heterocycles. The van der Waals surface area contributed by atoms with Crippen LogP contribution in [0, 0.1) is 24.4 Å². The molecule has 1 amide bonds. The molecule has 4 rings (SSSR count). The molecule has 0 aliphatic carbocycles. The molecule has 1 aliphatic rings. The highest BCUT2D eigenvalue weighted by Gasteiger charge is 2.38. The number of amides is 1. The molecular formula is C26H31F3N6O2. The molecular weight excluding hydrogens is 485 g/mol. The fourth-order valence-corrected chi connectivity index (χ4v) is 4.55. The van der Waals surface area contributed by atoms with Crippen LogP contribution in [0.15, 0.2) is 24.5 Å². The first-order valence-electron chi connectivity index (χ1n) is 12.1. The number of nitrogens with one attached hydrogen (secondary N) is 1. The number of aromatic nitrogens is 4. The summed E-state index contributed by atoms with van der Waals surface area (Å²) in [5, 5.41) is 7.18. The summed E-state index contributed by atoms with van der Waals surface area (Å²) in [6.07, 6.45) is 4.15. The van der Waals surface area contributed by atoms with E-state index in [1.807, 2.05) is 46.6 Å². The average molecular weight is 517 g/mol. The standard InChI is InChI=1S/C26H31F3N6O2/c1-14-22-24(34(6)23(25(36)33-22)15(2)37-26(3,4)5)32-20(31-14)8-7-16-11-30-35(12-16)13-17-9-18(27)21(29)19(28)10-17/h9-12,15,23H,7-8,13H2,1-6H3,(H,33,36)/t15-,23-/m0/s1. The lowest BCUT2D eigenvalue weighted by Gasteiger charge is -2.39. The quantitative estimate of drug-likeness (QED) is 0.474. The number of rotatable bonds is 7. The maximum Gasteiger partial charge on any atom is 0.249 e. The lowest BCUT2D eigenvalue weighted by molar-refractivity contribution is -0.124. The van der Waals surface area contributed by atoms with E-state index in [1.54, 1.807) is 12.4 Å². The summed E-state index contributed by atoms with van der Waals surface area (Å²) in [5.41, 5.74) is 2.00. The minimum absolute atomic E-state index is 0.100. The van der Waals surface area contributed by atoms with E-state index >= 15 is 0 Å². The van der Waals surface area contributed by atoms with E-state index < -0.39 is 29.1 Å². The van der Waals surface area contributed by atoms with Gasteiger partial charge in [0.1, 0.15) is 17.6 Å². The zero-order chi connectivity index (χ0) is 27.1. The first-order chi connectivity index (χ1) is 17.3. The van der Waals surface area contributed by atoms with Crippen LogP contribution < -0.4 is 10.2 Å². The molecule has 0 fully saturated rings. The van der Waals surface area contributed by atoms with Crippen LogP contribution in [0.5, 0.6) is 0 Å². The summed E-state index contributed by atoms with van der Waals surface area (Å²) in [6.45, 7) is 9.64. The first-order valence-corrected chi connectivity index (χ1v) is 12.1. The van der Waals surface area contributed by atoms with Gasteiger partial charge in [-0.15, -0.1) is 0 Å². The summed E-state index contributed by atoms with van der Waals surface area (Å²) < 4.78 is 47.8. The average Bonchev–Trinajstić information content (AvgIpc) is 3.23. The number of fused-ring (bicyclic) bond motifs is 1. The van der Waals surface area contributed by atoms with E-state index in [1.165, 1.54) is 4.68 Å². The van der Waals surface area contributed by atoms with Gasteiger partial charge in [-0.05, 0) is 64.3 Å². The second-order valence-corrected chi connectivity index (χ2v) is 10.3. The summed E-state index contributed by atoms with van der Waals surface area (Å²) in [5.74, 6) is -2.88. The van der Waals surface area contributed by atoms with Gasteiger partial charge in [-0.2, -0.15) is 5.10 Å². The van der Waals surface area contributed by atoms with Crippen molar-refractivity contribution < 1.29 is 22.7 Å². The number of aryl methyl sites for hydroxylation is 3. The second kappa shape index (κ2) is 10.1. The highest BCUT2D eigenvalue weighted by atomic mass is 19.2. The van der Waals surface area contributed by atoms with Gasteiger partial charge in [-0.3, -0.25) is 9.48 Å². The molecule has 1 aliphatic heterocycles. The number of anilines is 2. The summed E-state index contributed by atoms with van der Waals surface area (Å²) in [7, 11) is 1.83. The van der Waals surface area contributed by atoms with E-state index in [9.17, 15) is 18.0 Å². The van der Waals surface area contributed by atoms with E-state index in [0.717, 1.165) is 17.7 Å². The third kappa shape index (κ3) is 5.93. The summed E-state index contributed by atoms with van der Waals surface area (Å²) in [4.78, 5) is 24.0. The second-order valence-electron chi connectivity index (χ2n) is 10.3. The van der Waals surface area contributed by atoms with Crippen molar-refractivity contribution in [1.29, 1.82) is 0 Å². The Morgan fingerprint density at radius 2 is 1.78 bits per heavy atom. The Kier molecular flexibility index (Phi) is 7.27. The van der Waals surface area contributed by atoms with Gasteiger partial charge in [-0.25, -0.2) is 23.1 Å². The fourth-order valence-electron chi connectivity index (χ4n) is 4.55. The van der Waals surface area contributed by atoms with Crippen molar-refractivity contribution in [3.63, 3.8) is 0 Å². The molecule has 198 valence electrons. The van der Waals surface area contributed by atoms with Crippen molar-refractivity contribution in [2.24, 2.45) is 0 Å². The largest absolute Gasteiger partial charge is 0.370 e. The Bertz CT molecular complexity index is 1300. The van der Waals surface area contributed by atoms with Crippen molar-refractivity contribution >= 4 is 17.4 Å². The lowest BCUT2D eigenvalue weighted by atomic mass is 10.0. The SMILES string of the molecule is Cc1nc(CCc2cnn(Cc3cc(F)c(F)c(F)c3)c2)nc2c1NC(=O)[C@H]([C@H](C)OC(C)(C)C)N2C. The molecule has 0 unspecified atom stereocenters.